The van der Waals surface area contributed by atoms with E-state index < -0.39 is 24.1 Å². The molecule has 1 heterocycles. The van der Waals surface area contributed by atoms with Gasteiger partial charge in [-0.2, -0.15) is 22.0 Å². The number of oxime groups is 1. The van der Waals surface area contributed by atoms with Crippen LogP contribution in [0.3, 0.4) is 0 Å². The summed E-state index contributed by atoms with van der Waals surface area (Å²) in [6.07, 6.45) is -5.53. The van der Waals surface area contributed by atoms with Gasteiger partial charge in [-0.3, -0.25) is 0 Å². The third kappa shape index (κ3) is 2.90. The molecule has 0 amide bonds. The summed E-state index contributed by atoms with van der Waals surface area (Å²) in [7, 11) is 0. The Bertz CT molecular complexity index is 564. The molecule has 0 bridgehead atoms. The highest BCUT2D eigenvalue weighted by atomic mass is 35.5. The predicted molar refractivity (Wildman–Crippen MR) is 71.3 cm³/mol. The fourth-order valence-electron chi connectivity index (χ4n) is 2.42. The van der Waals surface area contributed by atoms with E-state index in [2.05, 4.69) is 5.16 Å². The van der Waals surface area contributed by atoms with Crippen LogP contribution in [0.15, 0.2) is 29.4 Å². The van der Waals surface area contributed by atoms with Gasteiger partial charge in [-0.1, -0.05) is 29.4 Å². The highest BCUT2D eigenvalue weighted by Crippen LogP contribution is 2.49. The molecule has 0 saturated heterocycles. The molecule has 0 radical (unpaired) electrons. The summed E-state index contributed by atoms with van der Waals surface area (Å²) < 4.78 is 66.0. The number of alkyl halides is 5. The molecule has 22 heavy (non-hydrogen) atoms. The zero-order valence-electron chi connectivity index (χ0n) is 11.0. The van der Waals surface area contributed by atoms with Crippen molar-refractivity contribution in [1.82, 2.24) is 4.90 Å². The van der Waals surface area contributed by atoms with Crippen molar-refractivity contribution in [3.05, 3.63) is 35.4 Å². The fraction of sp³-hybridized carbons (Fsp3) is 0.417. The van der Waals surface area contributed by atoms with Gasteiger partial charge < -0.3 is 15.8 Å². The SMILES string of the molecule is Cl.NC(=NO)N1CCc2ccccc2C1C(F)(F)C(F)(F)F. The Morgan fingerprint density at radius 3 is 2.36 bits per heavy atom. The summed E-state index contributed by atoms with van der Waals surface area (Å²) in [5.41, 5.74) is 5.46. The molecule has 1 aliphatic rings. The topological polar surface area (TPSA) is 61.9 Å². The van der Waals surface area contributed by atoms with Gasteiger partial charge in [0, 0.05) is 6.54 Å². The zero-order valence-corrected chi connectivity index (χ0v) is 11.8. The Balaban J connectivity index is 0.00000242. The van der Waals surface area contributed by atoms with E-state index in [0.29, 0.717) is 10.5 Å². The standard InChI is InChI=1S/C12H12F5N3O.ClH/c13-11(14,12(15,16)17)9-8-4-2-1-3-7(8)5-6-20(9)10(18)19-21;/h1-4,9,21H,5-6H2,(H2,18,19);1H. The van der Waals surface area contributed by atoms with Crippen LogP contribution in [0.25, 0.3) is 0 Å². The minimum Gasteiger partial charge on any atom is -0.408 e. The molecule has 1 aliphatic heterocycles. The molecule has 1 atom stereocenters. The number of hydrogen-bond donors (Lipinski definition) is 2. The molecule has 1 aromatic rings. The van der Waals surface area contributed by atoms with Gasteiger partial charge in [-0.25, -0.2) is 0 Å². The van der Waals surface area contributed by atoms with Gasteiger partial charge >= 0.3 is 12.1 Å². The van der Waals surface area contributed by atoms with E-state index in [1.165, 1.54) is 18.2 Å². The molecule has 0 spiro atoms. The van der Waals surface area contributed by atoms with Crippen LogP contribution in [0.4, 0.5) is 22.0 Å². The third-order valence-electron chi connectivity index (χ3n) is 3.40. The van der Waals surface area contributed by atoms with Crippen LogP contribution in [0.5, 0.6) is 0 Å². The summed E-state index contributed by atoms with van der Waals surface area (Å²) >= 11 is 0. The lowest BCUT2D eigenvalue weighted by atomic mass is 9.88. The predicted octanol–water partition coefficient (Wildman–Crippen LogP) is 2.91. The molecular formula is C12H13ClF5N3O. The lowest BCUT2D eigenvalue weighted by Gasteiger charge is -2.41. The van der Waals surface area contributed by atoms with Crippen molar-refractivity contribution in [2.45, 2.75) is 24.6 Å². The maximum Gasteiger partial charge on any atom is 0.455 e. The number of hydrogen-bond acceptors (Lipinski definition) is 2. The smallest absolute Gasteiger partial charge is 0.408 e. The molecule has 1 aromatic carbocycles. The van der Waals surface area contributed by atoms with Gasteiger partial charge in [0.2, 0.25) is 5.96 Å². The Hall–Kier alpha value is -1.77. The van der Waals surface area contributed by atoms with Crippen molar-refractivity contribution in [3.8, 4) is 0 Å². The third-order valence-corrected chi connectivity index (χ3v) is 3.40. The molecule has 3 N–H and O–H groups in total. The first-order valence-corrected chi connectivity index (χ1v) is 5.96. The van der Waals surface area contributed by atoms with Crippen LogP contribution in [-0.4, -0.2) is 34.7 Å². The highest BCUT2D eigenvalue weighted by Gasteiger charge is 2.65. The molecule has 0 saturated carbocycles. The van der Waals surface area contributed by atoms with Gasteiger partial charge in [0.1, 0.15) is 6.04 Å². The molecule has 0 aromatic heterocycles. The van der Waals surface area contributed by atoms with E-state index in [9.17, 15) is 22.0 Å². The van der Waals surface area contributed by atoms with Crippen LogP contribution in [-0.2, 0) is 6.42 Å². The van der Waals surface area contributed by atoms with E-state index >= 15 is 0 Å². The van der Waals surface area contributed by atoms with E-state index in [4.69, 9.17) is 10.9 Å². The highest BCUT2D eigenvalue weighted by molar-refractivity contribution is 5.85. The average molecular weight is 346 g/mol. The Morgan fingerprint density at radius 2 is 1.82 bits per heavy atom. The Morgan fingerprint density at radius 1 is 1.23 bits per heavy atom. The lowest BCUT2D eigenvalue weighted by Crippen LogP contribution is -2.55. The molecule has 2 rings (SSSR count). The maximum atomic E-state index is 13.9. The number of nitrogens with two attached hydrogens (primary N) is 1. The molecule has 0 fully saturated rings. The van der Waals surface area contributed by atoms with Crippen LogP contribution in [0.1, 0.15) is 17.2 Å². The van der Waals surface area contributed by atoms with Crippen molar-refractivity contribution in [2.75, 3.05) is 6.54 Å². The van der Waals surface area contributed by atoms with Crippen molar-refractivity contribution < 1.29 is 27.2 Å². The number of guanidine groups is 1. The largest absolute Gasteiger partial charge is 0.455 e. The van der Waals surface area contributed by atoms with E-state index in [1.54, 1.807) is 6.07 Å². The molecule has 0 aliphatic carbocycles. The first kappa shape index (κ1) is 18.3. The van der Waals surface area contributed by atoms with Crippen LogP contribution in [0, 0.1) is 0 Å². The summed E-state index contributed by atoms with van der Waals surface area (Å²) in [5, 5.41) is 11.2. The second-order valence-electron chi connectivity index (χ2n) is 4.62. The number of halogens is 6. The van der Waals surface area contributed by atoms with Crippen LogP contribution >= 0.6 is 12.4 Å². The second-order valence-corrected chi connectivity index (χ2v) is 4.62. The van der Waals surface area contributed by atoms with Gasteiger partial charge in [0.05, 0.1) is 0 Å². The first-order chi connectivity index (χ1) is 9.70. The minimum absolute atomic E-state index is 0. The number of benzene rings is 1. The molecule has 4 nitrogen and oxygen atoms in total. The van der Waals surface area contributed by atoms with E-state index in [0.717, 1.165) is 0 Å². The molecule has 1 unspecified atom stereocenters. The fourth-order valence-corrected chi connectivity index (χ4v) is 2.42. The monoisotopic (exact) mass is 345 g/mol. The summed E-state index contributed by atoms with van der Waals surface area (Å²) in [6.45, 7) is -0.205. The number of rotatable bonds is 1. The van der Waals surface area contributed by atoms with Gasteiger partial charge in [0.25, 0.3) is 0 Å². The lowest BCUT2D eigenvalue weighted by molar-refractivity contribution is -0.302. The van der Waals surface area contributed by atoms with Gasteiger partial charge in [-0.05, 0) is 17.5 Å². The normalized spacial score (nSPS) is 19.4. The average Bonchev–Trinajstić information content (AvgIpc) is 2.43. The maximum absolute atomic E-state index is 13.9. The quantitative estimate of drug-likeness (QED) is 0.270. The minimum atomic E-state index is -5.75. The van der Waals surface area contributed by atoms with Gasteiger partial charge in [0.15, 0.2) is 0 Å². The first-order valence-electron chi connectivity index (χ1n) is 5.96. The Labute approximate surface area is 128 Å². The van der Waals surface area contributed by atoms with Crippen molar-refractivity contribution in [2.24, 2.45) is 10.9 Å². The van der Waals surface area contributed by atoms with Crippen molar-refractivity contribution in [3.63, 3.8) is 0 Å². The van der Waals surface area contributed by atoms with E-state index in [-0.39, 0.29) is 30.9 Å². The molecular weight excluding hydrogens is 333 g/mol. The Kier molecular flexibility index (Phi) is 5.11. The zero-order chi connectivity index (χ0) is 15.8. The summed E-state index contributed by atoms with van der Waals surface area (Å²) in [5.74, 6) is -5.82. The summed E-state index contributed by atoms with van der Waals surface area (Å²) in [6, 6.07) is 3.24. The number of nitrogens with zero attached hydrogens (tertiary/aromatic N) is 2. The second kappa shape index (κ2) is 6.15. The van der Waals surface area contributed by atoms with Crippen molar-refractivity contribution >= 4 is 18.4 Å². The van der Waals surface area contributed by atoms with Crippen LogP contribution < -0.4 is 5.73 Å². The van der Waals surface area contributed by atoms with Gasteiger partial charge in [-0.15, -0.1) is 12.4 Å². The number of fused-ring (bicyclic) bond motifs is 1. The molecule has 10 heteroatoms. The van der Waals surface area contributed by atoms with Crippen LogP contribution in [0.2, 0.25) is 0 Å². The van der Waals surface area contributed by atoms with Crippen molar-refractivity contribution in [1.29, 1.82) is 0 Å². The van der Waals surface area contributed by atoms with E-state index in [1.807, 2.05) is 0 Å². The molecule has 124 valence electrons. The summed E-state index contributed by atoms with van der Waals surface area (Å²) in [4.78, 5) is 0.565.